The lowest BCUT2D eigenvalue weighted by molar-refractivity contribution is 1.08. The van der Waals surface area contributed by atoms with E-state index in [1.165, 1.54) is 0 Å². The highest BCUT2D eigenvalue weighted by atomic mass is 15.3. The van der Waals surface area contributed by atoms with E-state index in [4.69, 9.17) is 16.8 Å². The lowest BCUT2D eigenvalue weighted by atomic mass is 10.3. The topological polar surface area (TPSA) is 117 Å². The van der Waals surface area contributed by atoms with Gasteiger partial charge in [-0.05, 0) is 0 Å². The molecule has 0 aliphatic carbocycles. The zero-order valence-electron chi connectivity index (χ0n) is 5.05. The Hall–Kier alpha value is -1.74. The molecule has 0 fully saturated rings. The highest BCUT2D eigenvalue weighted by molar-refractivity contribution is 5.62. The lowest BCUT2D eigenvalue weighted by Gasteiger charge is -1.89. The minimum Gasteiger partial charge on any atom is -0.383 e. The van der Waals surface area contributed by atoms with Gasteiger partial charge in [0.25, 0.3) is 0 Å². The molecule has 1 aromatic heterocycles. The first-order valence-corrected chi connectivity index (χ1v) is 2.50. The number of hydrazine groups is 1. The third kappa shape index (κ3) is 0.744. The quantitative estimate of drug-likeness (QED) is 0.298. The maximum absolute atomic E-state index is 8.43. The minimum absolute atomic E-state index is 0.218. The van der Waals surface area contributed by atoms with E-state index < -0.39 is 0 Å². The Morgan fingerprint density at radius 2 is 2.40 bits per heavy atom. The monoisotopic (exact) mass is 138 g/mol. The molecular weight excluding hydrogens is 132 g/mol. The van der Waals surface area contributed by atoms with Crippen molar-refractivity contribution < 1.29 is 0 Å². The Morgan fingerprint density at radius 1 is 1.70 bits per heavy atom. The van der Waals surface area contributed by atoms with E-state index in [9.17, 15) is 0 Å². The number of H-pyrrole nitrogens is 1. The molecule has 0 aliphatic heterocycles. The summed E-state index contributed by atoms with van der Waals surface area (Å²) in [6, 6.07) is 1.83. The van der Waals surface area contributed by atoms with E-state index in [1.54, 1.807) is 0 Å². The fraction of sp³-hybridized carbons (Fsp3) is 0. The number of nitriles is 1. The molecule has 0 amide bonds. The Kier molecular flexibility index (Phi) is 1.43. The maximum atomic E-state index is 8.43. The Labute approximate surface area is 56.8 Å². The first-order chi connectivity index (χ1) is 4.79. The number of aromatic nitrogens is 2. The van der Waals surface area contributed by atoms with Crippen molar-refractivity contribution in [3.8, 4) is 6.07 Å². The zero-order valence-corrected chi connectivity index (χ0v) is 5.05. The molecular formula is C4H6N6. The predicted octanol–water partition coefficient (Wildman–Crippen LogP) is -0.851. The van der Waals surface area contributed by atoms with E-state index in [2.05, 4.69) is 15.6 Å². The molecule has 1 heterocycles. The van der Waals surface area contributed by atoms with Gasteiger partial charge in [0.05, 0.1) is 0 Å². The van der Waals surface area contributed by atoms with Crippen LogP contribution in [-0.2, 0) is 0 Å². The Bertz CT molecular complexity index is 268. The van der Waals surface area contributed by atoms with Crippen LogP contribution in [0.25, 0.3) is 0 Å². The molecule has 0 unspecified atom stereocenters. The summed E-state index contributed by atoms with van der Waals surface area (Å²) in [5.41, 5.74) is 7.75. The summed E-state index contributed by atoms with van der Waals surface area (Å²) >= 11 is 0. The zero-order chi connectivity index (χ0) is 7.56. The van der Waals surface area contributed by atoms with Crippen molar-refractivity contribution >= 4 is 11.6 Å². The van der Waals surface area contributed by atoms with E-state index in [1.807, 2.05) is 6.07 Å². The largest absolute Gasteiger partial charge is 0.383 e. The van der Waals surface area contributed by atoms with Gasteiger partial charge in [-0.2, -0.15) is 10.4 Å². The summed E-state index contributed by atoms with van der Waals surface area (Å²) < 4.78 is 0. The second kappa shape index (κ2) is 2.24. The minimum atomic E-state index is 0.218. The summed E-state index contributed by atoms with van der Waals surface area (Å²) in [6.45, 7) is 0. The highest BCUT2D eigenvalue weighted by Crippen LogP contribution is 2.14. The average molecular weight is 138 g/mol. The van der Waals surface area contributed by atoms with Gasteiger partial charge in [0, 0.05) is 0 Å². The lowest BCUT2D eigenvalue weighted by Crippen LogP contribution is -2.08. The Balaban J connectivity index is 3.17. The second-order valence-corrected chi connectivity index (χ2v) is 1.62. The van der Waals surface area contributed by atoms with Gasteiger partial charge in [0.15, 0.2) is 5.82 Å². The first-order valence-electron chi connectivity index (χ1n) is 2.50. The molecule has 0 radical (unpaired) electrons. The number of rotatable bonds is 1. The SMILES string of the molecule is N#Cc1c(NN)n[nH]c1N. The van der Waals surface area contributed by atoms with Crippen LogP contribution in [0.4, 0.5) is 11.6 Å². The van der Waals surface area contributed by atoms with Crippen molar-refractivity contribution in [1.29, 1.82) is 5.26 Å². The number of anilines is 2. The van der Waals surface area contributed by atoms with Crippen molar-refractivity contribution in [3.63, 3.8) is 0 Å². The molecule has 0 bridgehead atoms. The molecule has 6 nitrogen and oxygen atoms in total. The third-order valence-corrected chi connectivity index (χ3v) is 1.04. The van der Waals surface area contributed by atoms with Gasteiger partial charge >= 0.3 is 0 Å². The molecule has 0 saturated carbocycles. The van der Waals surface area contributed by atoms with E-state index >= 15 is 0 Å². The van der Waals surface area contributed by atoms with Crippen LogP contribution in [0.15, 0.2) is 0 Å². The molecule has 0 aliphatic rings. The van der Waals surface area contributed by atoms with Crippen molar-refractivity contribution in [2.45, 2.75) is 0 Å². The van der Waals surface area contributed by atoms with Crippen LogP contribution in [-0.4, -0.2) is 10.2 Å². The molecule has 0 spiro atoms. The van der Waals surface area contributed by atoms with Crippen molar-refractivity contribution in [3.05, 3.63) is 5.56 Å². The fourth-order valence-corrected chi connectivity index (χ4v) is 0.573. The summed E-state index contributed by atoms with van der Waals surface area (Å²) in [6.07, 6.45) is 0. The van der Waals surface area contributed by atoms with Crippen LogP contribution in [0.3, 0.4) is 0 Å². The van der Waals surface area contributed by atoms with Crippen LogP contribution in [0.1, 0.15) is 5.56 Å². The smallest absolute Gasteiger partial charge is 0.182 e. The molecule has 10 heavy (non-hydrogen) atoms. The van der Waals surface area contributed by atoms with Crippen LogP contribution in [0.5, 0.6) is 0 Å². The summed E-state index contributed by atoms with van der Waals surface area (Å²) in [7, 11) is 0. The number of hydrogen-bond acceptors (Lipinski definition) is 5. The van der Waals surface area contributed by atoms with Gasteiger partial charge in [-0.1, -0.05) is 0 Å². The molecule has 0 aromatic carbocycles. The highest BCUT2D eigenvalue weighted by Gasteiger charge is 2.07. The molecule has 0 atom stereocenters. The number of aromatic amines is 1. The summed E-state index contributed by atoms with van der Waals surface area (Å²) in [5.74, 6) is 5.48. The van der Waals surface area contributed by atoms with Crippen molar-refractivity contribution in [2.75, 3.05) is 11.2 Å². The van der Waals surface area contributed by atoms with Crippen LogP contribution in [0, 0.1) is 11.3 Å². The van der Waals surface area contributed by atoms with Gasteiger partial charge in [-0.15, -0.1) is 0 Å². The van der Waals surface area contributed by atoms with Gasteiger partial charge in [-0.25, -0.2) is 5.84 Å². The van der Waals surface area contributed by atoms with Crippen LogP contribution in [0.2, 0.25) is 0 Å². The third-order valence-electron chi connectivity index (χ3n) is 1.04. The van der Waals surface area contributed by atoms with Crippen molar-refractivity contribution in [1.82, 2.24) is 10.2 Å². The number of hydrogen-bond donors (Lipinski definition) is 4. The second-order valence-electron chi connectivity index (χ2n) is 1.62. The summed E-state index contributed by atoms with van der Waals surface area (Å²) in [5, 5.41) is 14.4. The van der Waals surface area contributed by atoms with Gasteiger partial charge in [0.1, 0.15) is 17.5 Å². The number of nitrogens with zero attached hydrogens (tertiary/aromatic N) is 2. The van der Waals surface area contributed by atoms with Crippen molar-refractivity contribution in [2.24, 2.45) is 5.84 Å². The van der Waals surface area contributed by atoms with Gasteiger partial charge in [-0.3, -0.25) is 5.10 Å². The molecule has 52 valence electrons. The molecule has 0 saturated heterocycles. The number of nitrogens with one attached hydrogen (secondary N) is 2. The van der Waals surface area contributed by atoms with Crippen LogP contribution < -0.4 is 17.0 Å². The molecule has 6 heteroatoms. The first kappa shape index (κ1) is 6.38. The molecule has 6 N–H and O–H groups in total. The predicted molar refractivity (Wildman–Crippen MR) is 35.5 cm³/mol. The number of nitrogen functional groups attached to an aromatic ring is 2. The van der Waals surface area contributed by atoms with Gasteiger partial charge in [0.2, 0.25) is 0 Å². The average Bonchev–Trinajstić information content (AvgIpc) is 2.30. The fourth-order valence-electron chi connectivity index (χ4n) is 0.573. The standard InChI is InChI=1S/C4H6N6/c5-1-2-3(6)9-10-4(2)8-7/h7H2,(H4,6,8,9,10). The van der Waals surface area contributed by atoms with Gasteiger partial charge < -0.3 is 11.2 Å². The van der Waals surface area contributed by atoms with Crippen LogP contribution >= 0.6 is 0 Å². The van der Waals surface area contributed by atoms with E-state index in [0.717, 1.165) is 0 Å². The van der Waals surface area contributed by atoms with E-state index in [-0.39, 0.29) is 17.2 Å². The maximum Gasteiger partial charge on any atom is 0.182 e. The normalized spacial score (nSPS) is 8.80. The number of nitrogens with two attached hydrogens (primary N) is 2. The molecule has 1 rings (SSSR count). The Morgan fingerprint density at radius 3 is 2.80 bits per heavy atom. The molecule has 1 aromatic rings. The van der Waals surface area contributed by atoms with E-state index in [0.29, 0.717) is 0 Å². The summed E-state index contributed by atoms with van der Waals surface area (Å²) in [4.78, 5) is 0.